The van der Waals surface area contributed by atoms with Crippen LogP contribution in [0.25, 0.3) is 0 Å². The molecule has 1 heterocycles. The van der Waals surface area contributed by atoms with E-state index < -0.39 is 0 Å². The Labute approximate surface area is 64.9 Å². The van der Waals surface area contributed by atoms with Crippen LogP contribution in [0.5, 0.6) is 0 Å². The van der Waals surface area contributed by atoms with Crippen molar-refractivity contribution in [3.63, 3.8) is 0 Å². The molecule has 0 aromatic heterocycles. The third kappa shape index (κ3) is 0.991. The molecular formula is C8H9N3. The molecule has 1 aromatic carbocycles. The van der Waals surface area contributed by atoms with Gasteiger partial charge in [0.2, 0.25) is 0 Å². The second-order valence-electron chi connectivity index (χ2n) is 2.49. The smallest absolute Gasteiger partial charge is 0.117 e. The Morgan fingerprint density at radius 1 is 1.36 bits per heavy atom. The molecule has 0 saturated carbocycles. The van der Waals surface area contributed by atoms with Crippen molar-refractivity contribution in [2.45, 2.75) is 6.17 Å². The van der Waals surface area contributed by atoms with E-state index in [4.69, 9.17) is 5.73 Å². The van der Waals surface area contributed by atoms with Gasteiger partial charge in [-0.2, -0.15) is 5.10 Å². The second-order valence-corrected chi connectivity index (χ2v) is 2.49. The summed E-state index contributed by atoms with van der Waals surface area (Å²) in [5, 5.41) is 3.90. The maximum atomic E-state index is 5.72. The lowest BCUT2D eigenvalue weighted by molar-refractivity contribution is 0.572. The van der Waals surface area contributed by atoms with Gasteiger partial charge >= 0.3 is 0 Å². The van der Waals surface area contributed by atoms with Crippen molar-refractivity contribution in [2.75, 3.05) is 0 Å². The fourth-order valence-electron chi connectivity index (χ4n) is 1.17. The van der Waals surface area contributed by atoms with Gasteiger partial charge in [0, 0.05) is 5.56 Å². The van der Waals surface area contributed by atoms with Gasteiger partial charge in [-0.1, -0.05) is 24.3 Å². The van der Waals surface area contributed by atoms with Gasteiger partial charge in [-0.15, -0.1) is 0 Å². The Morgan fingerprint density at radius 3 is 3.00 bits per heavy atom. The van der Waals surface area contributed by atoms with Gasteiger partial charge in [0.1, 0.15) is 6.17 Å². The first kappa shape index (κ1) is 6.37. The first-order valence-corrected chi connectivity index (χ1v) is 3.51. The van der Waals surface area contributed by atoms with E-state index >= 15 is 0 Å². The van der Waals surface area contributed by atoms with Crippen LogP contribution in [0.3, 0.4) is 0 Å². The van der Waals surface area contributed by atoms with E-state index in [1.165, 1.54) is 0 Å². The molecule has 0 amide bonds. The monoisotopic (exact) mass is 147 g/mol. The summed E-state index contributed by atoms with van der Waals surface area (Å²) in [7, 11) is 0. The molecule has 0 fully saturated rings. The van der Waals surface area contributed by atoms with E-state index in [0.717, 1.165) is 11.1 Å². The van der Waals surface area contributed by atoms with E-state index in [0.29, 0.717) is 0 Å². The summed E-state index contributed by atoms with van der Waals surface area (Å²) < 4.78 is 0. The maximum absolute atomic E-state index is 5.72. The fourth-order valence-corrected chi connectivity index (χ4v) is 1.17. The molecule has 56 valence electrons. The SMILES string of the molecule is NC1NN=Cc2ccccc21. The van der Waals surface area contributed by atoms with Crippen molar-refractivity contribution >= 4 is 6.21 Å². The lowest BCUT2D eigenvalue weighted by Gasteiger charge is -2.17. The van der Waals surface area contributed by atoms with Crippen LogP contribution in [0.15, 0.2) is 29.4 Å². The number of rotatable bonds is 0. The molecule has 1 aliphatic rings. The Bertz CT molecular complexity index is 293. The van der Waals surface area contributed by atoms with Crippen molar-refractivity contribution in [2.24, 2.45) is 10.8 Å². The third-order valence-corrected chi connectivity index (χ3v) is 1.75. The molecule has 1 aromatic rings. The van der Waals surface area contributed by atoms with Crippen LogP contribution in [0.1, 0.15) is 17.3 Å². The zero-order valence-electron chi connectivity index (χ0n) is 5.99. The van der Waals surface area contributed by atoms with Crippen LogP contribution in [-0.2, 0) is 0 Å². The lowest BCUT2D eigenvalue weighted by atomic mass is 10.1. The minimum atomic E-state index is -0.156. The van der Waals surface area contributed by atoms with Gasteiger partial charge in [0.25, 0.3) is 0 Å². The van der Waals surface area contributed by atoms with Crippen molar-refractivity contribution < 1.29 is 0 Å². The number of benzene rings is 1. The maximum Gasteiger partial charge on any atom is 0.117 e. The number of hydrogen-bond donors (Lipinski definition) is 2. The zero-order valence-corrected chi connectivity index (χ0v) is 5.99. The highest BCUT2D eigenvalue weighted by atomic mass is 15.3. The zero-order chi connectivity index (χ0) is 7.68. The van der Waals surface area contributed by atoms with E-state index in [1.54, 1.807) is 6.21 Å². The van der Waals surface area contributed by atoms with Crippen LogP contribution >= 0.6 is 0 Å². The molecule has 1 aliphatic heterocycles. The van der Waals surface area contributed by atoms with Gasteiger partial charge < -0.3 is 5.73 Å². The summed E-state index contributed by atoms with van der Waals surface area (Å²) in [4.78, 5) is 0. The molecule has 3 nitrogen and oxygen atoms in total. The highest BCUT2D eigenvalue weighted by Crippen LogP contribution is 2.14. The highest BCUT2D eigenvalue weighted by molar-refractivity contribution is 5.82. The van der Waals surface area contributed by atoms with Gasteiger partial charge in [-0.3, -0.25) is 5.43 Å². The van der Waals surface area contributed by atoms with E-state index in [9.17, 15) is 0 Å². The van der Waals surface area contributed by atoms with Crippen molar-refractivity contribution in [1.82, 2.24) is 5.43 Å². The number of hydrogen-bond acceptors (Lipinski definition) is 3. The molecule has 0 saturated heterocycles. The van der Waals surface area contributed by atoms with Crippen LogP contribution < -0.4 is 11.2 Å². The normalized spacial score (nSPS) is 20.6. The number of nitrogens with zero attached hydrogens (tertiary/aromatic N) is 1. The molecule has 1 unspecified atom stereocenters. The third-order valence-electron chi connectivity index (χ3n) is 1.75. The van der Waals surface area contributed by atoms with Crippen LogP contribution in [0.4, 0.5) is 0 Å². The standard InChI is InChI=1S/C8H9N3/c9-8-7-4-2-1-3-6(7)5-10-11-8/h1-5,8,11H,9H2. The summed E-state index contributed by atoms with van der Waals surface area (Å²) in [5.41, 5.74) is 10.7. The summed E-state index contributed by atoms with van der Waals surface area (Å²) in [6.45, 7) is 0. The Balaban J connectivity index is 2.54. The van der Waals surface area contributed by atoms with Crippen LogP contribution in [0.2, 0.25) is 0 Å². The summed E-state index contributed by atoms with van der Waals surface area (Å²) in [5.74, 6) is 0. The molecule has 3 heteroatoms. The minimum Gasteiger partial charge on any atom is -0.306 e. The Hall–Kier alpha value is -1.35. The topological polar surface area (TPSA) is 50.4 Å². The first-order valence-electron chi connectivity index (χ1n) is 3.51. The van der Waals surface area contributed by atoms with Gasteiger partial charge in [-0.25, -0.2) is 0 Å². The van der Waals surface area contributed by atoms with E-state index in [2.05, 4.69) is 10.5 Å². The average Bonchev–Trinajstić information content (AvgIpc) is 2.06. The molecule has 11 heavy (non-hydrogen) atoms. The molecular weight excluding hydrogens is 138 g/mol. The molecule has 3 N–H and O–H groups in total. The van der Waals surface area contributed by atoms with Crippen LogP contribution in [0, 0.1) is 0 Å². The number of hydrazone groups is 1. The highest BCUT2D eigenvalue weighted by Gasteiger charge is 2.10. The molecule has 0 bridgehead atoms. The van der Waals surface area contributed by atoms with Crippen LogP contribution in [-0.4, -0.2) is 6.21 Å². The Kier molecular flexibility index (Phi) is 1.36. The van der Waals surface area contributed by atoms with Gasteiger partial charge in [0.05, 0.1) is 6.21 Å². The predicted octanol–water partition coefficient (Wildman–Crippen LogP) is 0.581. The van der Waals surface area contributed by atoms with Crippen molar-refractivity contribution in [3.05, 3.63) is 35.4 Å². The summed E-state index contributed by atoms with van der Waals surface area (Å²) in [6, 6.07) is 7.94. The molecule has 0 spiro atoms. The number of nitrogens with one attached hydrogen (secondary N) is 1. The van der Waals surface area contributed by atoms with Crippen molar-refractivity contribution in [1.29, 1.82) is 0 Å². The summed E-state index contributed by atoms with van der Waals surface area (Å²) >= 11 is 0. The summed E-state index contributed by atoms with van der Waals surface area (Å²) in [6.07, 6.45) is 1.62. The second kappa shape index (κ2) is 2.36. The van der Waals surface area contributed by atoms with E-state index in [-0.39, 0.29) is 6.17 Å². The molecule has 0 aliphatic carbocycles. The fraction of sp³-hybridized carbons (Fsp3) is 0.125. The van der Waals surface area contributed by atoms with Crippen molar-refractivity contribution in [3.8, 4) is 0 Å². The van der Waals surface area contributed by atoms with E-state index in [1.807, 2.05) is 24.3 Å². The molecule has 2 rings (SSSR count). The van der Waals surface area contributed by atoms with Gasteiger partial charge in [0.15, 0.2) is 0 Å². The lowest BCUT2D eigenvalue weighted by Crippen LogP contribution is -2.28. The average molecular weight is 147 g/mol. The first-order chi connectivity index (χ1) is 5.38. The molecule has 1 atom stereocenters. The number of fused-ring (bicyclic) bond motifs is 1. The largest absolute Gasteiger partial charge is 0.306 e. The number of nitrogens with two attached hydrogens (primary N) is 1. The quantitative estimate of drug-likeness (QED) is 0.564. The van der Waals surface area contributed by atoms with Gasteiger partial charge in [-0.05, 0) is 5.56 Å². The Morgan fingerprint density at radius 2 is 2.18 bits per heavy atom. The minimum absolute atomic E-state index is 0.156. The molecule has 0 radical (unpaired) electrons. The predicted molar refractivity (Wildman–Crippen MR) is 44.1 cm³/mol.